The van der Waals surface area contributed by atoms with Gasteiger partial charge in [0.25, 0.3) is 5.56 Å². The molecule has 0 radical (unpaired) electrons. The van der Waals surface area contributed by atoms with E-state index in [4.69, 9.17) is 4.74 Å². The summed E-state index contributed by atoms with van der Waals surface area (Å²) in [4.78, 5) is 28.4. The van der Waals surface area contributed by atoms with Crippen LogP contribution in [0.3, 0.4) is 0 Å². The summed E-state index contributed by atoms with van der Waals surface area (Å²) >= 11 is 0. The zero-order chi connectivity index (χ0) is 15.9. The molecule has 0 spiro atoms. The van der Waals surface area contributed by atoms with Crippen LogP contribution in [0.5, 0.6) is 0 Å². The first-order chi connectivity index (χ1) is 10.6. The maximum absolute atomic E-state index is 12.2. The molecular weight excluding hydrogens is 282 g/mol. The standard InChI is InChI=1S/C16H21N3O3/c1-12-16(21)19(14-7-4-3-6-13(14)18-12)10-8-15(20)17-9-5-11-22-2/h3-4,6-7H,5,8-11H2,1-2H3,(H,17,20). The van der Waals surface area contributed by atoms with Crippen LogP contribution in [0.4, 0.5) is 0 Å². The van der Waals surface area contributed by atoms with Gasteiger partial charge in [0, 0.05) is 33.2 Å². The second-order valence-electron chi connectivity index (χ2n) is 5.09. The molecule has 6 heteroatoms. The molecular formula is C16H21N3O3. The Morgan fingerprint density at radius 3 is 2.91 bits per heavy atom. The molecule has 0 aliphatic heterocycles. The van der Waals surface area contributed by atoms with Gasteiger partial charge in [-0.05, 0) is 25.5 Å². The smallest absolute Gasteiger partial charge is 0.272 e. The predicted molar refractivity (Wildman–Crippen MR) is 84.9 cm³/mol. The Morgan fingerprint density at radius 1 is 1.36 bits per heavy atom. The number of aromatic nitrogens is 2. The molecule has 1 heterocycles. The van der Waals surface area contributed by atoms with Gasteiger partial charge in [-0.15, -0.1) is 0 Å². The van der Waals surface area contributed by atoms with Gasteiger partial charge in [-0.3, -0.25) is 9.59 Å². The van der Waals surface area contributed by atoms with Crippen molar-refractivity contribution in [2.45, 2.75) is 26.3 Å². The maximum Gasteiger partial charge on any atom is 0.272 e. The SMILES string of the molecule is COCCCNC(=O)CCn1c(=O)c(C)nc2ccccc21. The molecule has 1 N–H and O–H groups in total. The van der Waals surface area contributed by atoms with Gasteiger partial charge in [-0.25, -0.2) is 4.98 Å². The number of fused-ring (bicyclic) bond motifs is 1. The molecule has 1 aromatic carbocycles. The van der Waals surface area contributed by atoms with E-state index in [9.17, 15) is 9.59 Å². The van der Waals surface area contributed by atoms with Gasteiger partial charge in [0.1, 0.15) is 5.69 Å². The lowest BCUT2D eigenvalue weighted by Crippen LogP contribution is -2.29. The Morgan fingerprint density at radius 2 is 2.14 bits per heavy atom. The monoisotopic (exact) mass is 303 g/mol. The van der Waals surface area contributed by atoms with Crippen molar-refractivity contribution in [3.05, 3.63) is 40.3 Å². The van der Waals surface area contributed by atoms with Crippen molar-refractivity contribution >= 4 is 16.9 Å². The van der Waals surface area contributed by atoms with E-state index in [-0.39, 0.29) is 17.9 Å². The highest BCUT2D eigenvalue weighted by Gasteiger charge is 2.09. The van der Waals surface area contributed by atoms with Crippen LogP contribution in [0.25, 0.3) is 11.0 Å². The highest BCUT2D eigenvalue weighted by molar-refractivity contribution is 5.77. The maximum atomic E-state index is 12.2. The summed E-state index contributed by atoms with van der Waals surface area (Å²) in [5, 5.41) is 2.82. The van der Waals surface area contributed by atoms with E-state index < -0.39 is 0 Å². The Bertz CT molecular complexity index is 709. The molecule has 0 bridgehead atoms. The van der Waals surface area contributed by atoms with Gasteiger partial charge < -0.3 is 14.6 Å². The largest absolute Gasteiger partial charge is 0.385 e. The summed E-state index contributed by atoms with van der Waals surface area (Å²) in [6, 6.07) is 7.45. The lowest BCUT2D eigenvalue weighted by molar-refractivity contribution is -0.121. The third-order valence-electron chi connectivity index (χ3n) is 3.43. The van der Waals surface area contributed by atoms with Gasteiger partial charge in [-0.1, -0.05) is 12.1 Å². The van der Waals surface area contributed by atoms with Gasteiger partial charge in [0.2, 0.25) is 5.91 Å². The average Bonchev–Trinajstić information content (AvgIpc) is 2.52. The minimum atomic E-state index is -0.147. The zero-order valence-electron chi connectivity index (χ0n) is 13.0. The van der Waals surface area contributed by atoms with E-state index >= 15 is 0 Å². The average molecular weight is 303 g/mol. The van der Waals surface area contributed by atoms with E-state index in [0.717, 1.165) is 17.5 Å². The van der Waals surface area contributed by atoms with Gasteiger partial charge >= 0.3 is 0 Å². The van der Waals surface area contributed by atoms with Crippen LogP contribution >= 0.6 is 0 Å². The van der Waals surface area contributed by atoms with Crippen molar-refractivity contribution in [3.8, 4) is 0 Å². The van der Waals surface area contributed by atoms with Crippen LogP contribution in [0.2, 0.25) is 0 Å². The van der Waals surface area contributed by atoms with Crippen molar-refractivity contribution in [2.75, 3.05) is 20.3 Å². The van der Waals surface area contributed by atoms with E-state index in [0.29, 0.717) is 25.4 Å². The van der Waals surface area contributed by atoms with Crippen molar-refractivity contribution in [1.82, 2.24) is 14.9 Å². The first-order valence-corrected chi connectivity index (χ1v) is 7.35. The highest BCUT2D eigenvalue weighted by atomic mass is 16.5. The molecule has 2 aromatic rings. The number of para-hydroxylation sites is 2. The number of benzene rings is 1. The number of methoxy groups -OCH3 is 1. The number of amides is 1. The lowest BCUT2D eigenvalue weighted by atomic mass is 10.2. The molecule has 0 fully saturated rings. The Labute approximate surface area is 129 Å². The number of hydrogen-bond donors (Lipinski definition) is 1. The van der Waals surface area contributed by atoms with E-state index in [2.05, 4.69) is 10.3 Å². The van der Waals surface area contributed by atoms with E-state index in [1.807, 2.05) is 24.3 Å². The highest BCUT2D eigenvalue weighted by Crippen LogP contribution is 2.10. The third kappa shape index (κ3) is 3.92. The molecule has 0 aliphatic carbocycles. The van der Waals surface area contributed by atoms with Gasteiger partial charge in [0.05, 0.1) is 11.0 Å². The zero-order valence-corrected chi connectivity index (χ0v) is 13.0. The topological polar surface area (TPSA) is 73.2 Å². The van der Waals surface area contributed by atoms with E-state index in [1.165, 1.54) is 0 Å². The number of aryl methyl sites for hydroxylation is 2. The summed E-state index contributed by atoms with van der Waals surface area (Å²) in [5.74, 6) is -0.0680. The first-order valence-electron chi connectivity index (χ1n) is 7.35. The van der Waals surface area contributed by atoms with Crippen molar-refractivity contribution in [2.24, 2.45) is 0 Å². The van der Waals surface area contributed by atoms with Crippen LogP contribution in [0.1, 0.15) is 18.5 Å². The number of nitrogens with zero attached hydrogens (tertiary/aromatic N) is 2. The molecule has 1 aromatic heterocycles. The van der Waals surface area contributed by atoms with Crippen LogP contribution in [0.15, 0.2) is 29.1 Å². The van der Waals surface area contributed by atoms with Gasteiger partial charge in [0.15, 0.2) is 0 Å². The fourth-order valence-electron chi connectivity index (χ4n) is 2.29. The number of ether oxygens (including phenoxy) is 1. The summed E-state index contributed by atoms with van der Waals surface area (Å²) in [7, 11) is 1.63. The van der Waals surface area contributed by atoms with Crippen LogP contribution < -0.4 is 10.9 Å². The van der Waals surface area contributed by atoms with Gasteiger partial charge in [-0.2, -0.15) is 0 Å². The second kappa shape index (κ2) is 7.70. The Kier molecular flexibility index (Phi) is 5.66. The molecule has 118 valence electrons. The summed E-state index contributed by atoms with van der Waals surface area (Å²) in [5.41, 5.74) is 1.82. The molecule has 6 nitrogen and oxygen atoms in total. The summed E-state index contributed by atoms with van der Waals surface area (Å²) in [6.45, 7) is 3.24. The molecule has 0 saturated carbocycles. The molecule has 1 amide bonds. The molecule has 0 aliphatic rings. The number of nitrogens with one attached hydrogen (secondary N) is 1. The quantitative estimate of drug-likeness (QED) is 0.781. The number of rotatable bonds is 7. The van der Waals surface area contributed by atoms with Crippen molar-refractivity contribution < 1.29 is 9.53 Å². The Hall–Kier alpha value is -2.21. The van der Waals surface area contributed by atoms with Crippen LogP contribution in [-0.2, 0) is 16.1 Å². The number of carbonyl (C=O) groups excluding carboxylic acids is 1. The summed E-state index contributed by atoms with van der Waals surface area (Å²) < 4.78 is 6.54. The fraction of sp³-hybridized carbons (Fsp3) is 0.438. The molecule has 2 rings (SSSR count). The normalized spacial score (nSPS) is 10.8. The number of carbonyl (C=O) groups is 1. The van der Waals surface area contributed by atoms with Crippen LogP contribution in [0, 0.1) is 6.92 Å². The van der Waals surface area contributed by atoms with Crippen LogP contribution in [-0.4, -0.2) is 35.7 Å². The lowest BCUT2D eigenvalue weighted by Gasteiger charge is -2.11. The number of hydrogen-bond acceptors (Lipinski definition) is 4. The summed E-state index contributed by atoms with van der Waals surface area (Å²) in [6.07, 6.45) is 1.04. The predicted octanol–water partition coefficient (Wildman–Crippen LogP) is 1.25. The molecule has 0 saturated heterocycles. The van der Waals surface area contributed by atoms with E-state index in [1.54, 1.807) is 18.6 Å². The minimum Gasteiger partial charge on any atom is -0.385 e. The third-order valence-corrected chi connectivity index (χ3v) is 3.43. The molecule has 22 heavy (non-hydrogen) atoms. The minimum absolute atomic E-state index is 0.0680. The molecule has 0 atom stereocenters. The van der Waals surface area contributed by atoms with Crippen molar-refractivity contribution in [1.29, 1.82) is 0 Å². The Balaban J connectivity index is 2.07. The van der Waals surface area contributed by atoms with Crippen molar-refractivity contribution in [3.63, 3.8) is 0 Å². The first kappa shape index (κ1) is 16.2. The second-order valence-corrected chi connectivity index (χ2v) is 5.09. The fourth-order valence-corrected chi connectivity index (χ4v) is 2.29. The molecule has 0 unspecified atom stereocenters.